The molecular weight excluding hydrogens is 690 g/mol. The normalized spacial score (nSPS) is 15.9. The summed E-state index contributed by atoms with van der Waals surface area (Å²) >= 11 is 0. The molecule has 6 rings (SSSR count). The van der Waals surface area contributed by atoms with E-state index in [-0.39, 0.29) is 18.2 Å². The van der Waals surface area contributed by atoms with Crippen LogP contribution in [-0.2, 0) is 4.84 Å². The first-order valence-electron chi connectivity index (χ1n) is 18.2. The Morgan fingerprint density at radius 3 is 2.06 bits per heavy atom. The van der Waals surface area contributed by atoms with E-state index in [1.807, 2.05) is 73.7 Å². The number of oxime groups is 1. The number of anilines is 1. The Balaban J connectivity index is 0.926. The molecule has 4 aromatic carbocycles. The number of rotatable bonds is 18. The van der Waals surface area contributed by atoms with Crippen molar-refractivity contribution in [3.05, 3.63) is 94.5 Å². The number of carbonyl (C=O) groups is 1. The molecule has 2 N–H and O–H groups in total. The number of para-hydroxylation sites is 1. The molecular formula is C42H49N3O9. The number of nitrogens with one attached hydrogen (secondary N) is 2. The third kappa shape index (κ3) is 8.54. The fourth-order valence-corrected chi connectivity index (χ4v) is 6.70. The zero-order valence-electron chi connectivity index (χ0n) is 31.8. The molecule has 2 heterocycles. The van der Waals surface area contributed by atoms with Gasteiger partial charge in [-0.3, -0.25) is 4.79 Å². The number of methoxy groups -OCH3 is 5. The molecule has 0 saturated heterocycles. The van der Waals surface area contributed by atoms with Crippen molar-refractivity contribution >= 4 is 17.3 Å². The van der Waals surface area contributed by atoms with Crippen LogP contribution in [0.3, 0.4) is 0 Å². The Morgan fingerprint density at radius 2 is 1.37 bits per heavy atom. The van der Waals surface area contributed by atoms with Gasteiger partial charge in [0.15, 0.2) is 40.6 Å². The van der Waals surface area contributed by atoms with Crippen LogP contribution in [0.15, 0.2) is 71.9 Å². The molecule has 54 heavy (non-hydrogen) atoms. The predicted octanol–water partition coefficient (Wildman–Crippen LogP) is 8.17. The molecule has 2 aliphatic heterocycles. The largest absolute Gasteiger partial charge is 0.493 e. The number of fused-ring (bicyclic) bond motifs is 1. The van der Waals surface area contributed by atoms with Gasteiger partial charge in [0, 0.05) is 23.2 Å². The van der Waals surface area contributed by atoms with Gasteiger partial charge >= 0.3 is 0 Å². The third-order valence-corrected chi connectivity index (χ3v) is 9.55. The summed E-state index contributed by atoms with van der Waals surface area (Å²) in [6.07, 6.45) is 4.78. The highest BCUT2D eigenvalue weighted by atomic mass is 16.6. The molecule has 0 aliphatic carbocycles. The maximum atomic E-state index is 12.7. The number of hydrogen-bond donors (Lipinski definition) is 2. The molecule has 0 saturated carbocycles. The van der Waals surface area contributed by atoms with Crippen molar-refractivity contribution in [3.8, 4) is 40.2 Å². The summed E-state index contributed by atoms with van der Waals surface area (Å²) in [6.45, 7) is 3.12. The average Bonchev–Trinajstić information content (AvgIpc) is 3.70. The minimum Gasteiger partial charge on any atom is -0.493 e. The molecule has 12 heteroatoms. The van der Waals surface area contributed by atoms with Crippen molar-refractivity contribution in [1.29, 1.82) is 0 Å². The van der Waals surface area contributed by atoms with Crippen molar-refractivity contribution in [3.63, 3.8) is 0 Å². The van der Waals surface area contributed by atoms with Crippen molar-refractivity contribution in [2.24, 2.45) is 5.16 Å². The number of carbonyl (C=O) groups excluding carboxylic acids is 1. The Bertz CT molecular complexity index is 1940. The van der Waals surface area contributed by atoms with Gasteiger partial charge in [0.05, 0.1) is 60.0 Å². The minimum absolute atomic E-state index is 0.105. The van der Waals surface area contributed by atoms with Crippen LogP contribution in [0, 0.1) is 6.92 Å². The van der Waals surface area contributed by atoms with Crippen molar-refractivity contribution in [2.45, 2.75) is 57.7 Å². The zero-order chi connectivity index (χ0) is 38.0. The van der Waals surface area contributed by atoms with E-state index in [1.165, 1.54) is 0 Å². The van der Waals surface area contributed by atoms with Crippen molar-refractivity contribution < 1.29 is 42.8 Å². The van der Waals surface area contributed by atoms with Gasteiger partial charge in [-0.15, -0.1) is 0 Å². The predicted molar refractivity (Wildman–Crippen MR) is 206 cm³/mol. The molecule has 1 amide bonds. The fourth-order valence-electron chi connectivity index (χ4n) is 6.70. The van der Waals surface area contributed by atoms with E-state index in [2.05, 4.69) is 15.8 Å². The molecule has 0 radical (unpaired) electrons. The van der Waals surface area contributed by atoms with Gasteiger partial charge in [-0.05, 0) is 67.8 Å². The van der Waals surface area contributed by atoms with E-state index in [9.17, 15) is 4.79 Å². The number of benzene rings is 4. The molecule has 286 valence electrons. The number of unbranched alkanes of at least 4 members (excludes halogenated alkanes) is 4. The third-order valence-electron chi connectivity index (χ3n) is 9.55. The summed E-state index contributed by atoms with van der Waals surface area (Å²) in [5, 5.41) is 10.8. The Morgan fingerprint density at radius 1 is 0.685 bits per heavy atom. The molecule has 2 unspecified atom stereocenters. The van der Waals surface area contributed by atoms with E-state index in [1.54, 1.807) is 35.5 Å². The monoisotopic (exact) mass is 739 g/mol. The van der Waals surface area contributed by atoms with Crippen molar-refractivity contribution in [1.82, 2.24) is 5.32 Å². The molecule has 12 nitrogen and oxygen atoms in total. The van der Waals surface area contributed by atoms with Gasteiger partial charge < -0.3 is 48.6 Å². The summed E-state index contributed by atoms with van der Waals surface area (Å²) in [4.78, 5) is 18.6. The summed E-state index contributed by atoms with van der Waals surface area (Å²) in [7, 11) is 8.01. The quantitative estimate of drug-likeness (QED) is 0.0966. The smallest absolute Gasteiger partial charge is 0.255 e. The fraction of sp³-hybridized carbons (Fsp3) is 0.381. The van der Waals surface area contributed by atoms with E-state index >= 15 is 0 Å². The molecule has 4 aromatic rings. The standard InChI is InChI=1S/C42H49N3O9/c1-26-15-17-31-30(21-26)42(46)44-41(43-31)27-16-18-33(36(22-27)47-2)52-19-10-8-7-9-11-20-53-34-14-12-13-29(39(34)50-5)35-25-32(45-54-35)28-23-37(48-3)40(51-6)38(24-28)49-4/h12-18,21-24,35,41,43H,7-11,19-20,25H2,1-6H3,(H,44,46). The van der Waals surface area contributed by atoms with Crippen LogP contribution in [0.1, 0.15) is 83.4 Å². The summed E-state index contributed by atoms with van der Waals surface area (Å²) < 4.78 is 40.2. The Kier molecular flexibility index (Phi) is 12.5. The number of nitrogens with zero attached hydrogens (tertiary/aromatic N) is 1. The van der Waals surface area contributed by atoms with Crippen LogP contribution < -0.4 is 43.8 Å². The van der Waals surface area contributed by atoms with E-state index in [0.717, 1.165) is 65.8 Å². The first kappa shape index (κ1) is 38.0. The van der Waals surface area contributed by atoms with Gasteiger partial charge in [-0.2, -0.15) is 0 Å². The van der Waals surface area contributed by atoms with Gasteiger partial charge in [-0.1, -0.05) is 54.2 Å². The first-order valence-corrected chi connectivity index (χ1v) is 18.2. The molecule has 0 spiro atoms. The van der Waals surface area contributed by atoms with Crippen molar-refractivity contribution in [2.75, 3.05) is 54.1 Å². The molecule has 0 aromatic heterocycles. The van der Waals surface area contributed by atoms with Crippen LogP contribution in [0.5, 0.6) is 40.2 Å². The van der Waals surface area contributed by atoms with E-state index in [0.29, 0.717) is 65.4 Å². The highest BCUT2D eigenvalue weighted by Crippen LogP contribution is 2.43. The van der Waals surface area contributed by atoms with Gasteiger partial charge in [0.25, 0.3) is 5.91 Å². The van der Waals surface area contributed by atoms with Crippen LogP contribution in [0.2, 0.25) is 0 Å². The van der Waals surface area contributed by atoms with Crippen LogP contribution in [0.25, 0.3) is 0 Å². The first-order chi connectivity index (χ1) is 26.4. The zero-order valence-corrected chi connectivity index (χ0v) is 31.8. The van der Waals surface area contributed by atoms with Gasteiger partial charge in [0.2, 0.25) is 5.75 Å². The van der Waals surface area contributed by atoms with Gasteiger partial charge in [-0.25, -0.2) is 0 Å². The Hall–Kier alpha value is -5.78. The summed E-state index contributed by atoms with van der Waals surface area (Å²) in [6, 6.07) is 21.1. The lowest BCUT2D eigenvalue weighted by Crippen LogP contribution is -2.38. The van der Waals surface area contributed by atoms with E-state index < -0.39 is 0 Å². The number of aryl methyl sites for hydroxylation is 1. The van der Waals surface area contributed by atoms with Crippen LogP contribution >= 0.6 is 0 Å². The number of ether oxygens (including phenoxy) is 7. The lowest BCUT2D eigenvalue weighted by Gasteiger charge is -2.28. The molecule has 0 bridgehead atoms. The molecule has 2 aliphatic rings. The number of amides is 1. The minimum atomic E-state index is -0.365. The SMILES string of the molecule is COc1cc(C2NC(=O)c3cc(C)ccc3N2)ccc1OCCCCCCCOc1cccc(C2CC(c3cc(OC)c(OC)c(OC)c3)=NO2)c1OC. The van der Waals surface area contributed by atoms with E-state index in [4.69, 9.17) is 38.0 Å². The average molecular weight is 740 g/mol. The molecule has 0 fully saturated rings. The Labute approximate surface area is 316 Å². The second kappa shape index (κ2) is 17.8. The summed E-state index contributed by atoms with van der Waals surface area (Å²) in [5.74, 6) is 4.14. The highest BCUT2D eigenvalue weighted by molar-refractivity contribution is 6.03. The molecule has 2 atom stereocenters. The lowest BCUT2D eigenvalue weighted by atomic mass is 9.98. The maximum absolute atomic E-state index is 12.7. The van der Waals surface area contributed by atoms with Crippen LogP contribution in [-0.4, -0.2) is 60.4 Å². The second-order valence-electron chi connectivity index (χ2n) is 13.1. The maximum Gasteiger partial charge on any atom is 0.255 e. The highest BCUT2D eigenvalue weighted by Gasteiger charge is 2.30. The van der Waals surface area contributed by atoms with Crippen LogP contribution in [0.4, 0.5) is 5.69 Å². The lowest BCUT2D eigenvalue weighted by molar-refractivity contribution is 0.0832. The second-order valence-corrected chi connectivity index (χ2v) is 13.1. The topological polar surface area (TPSA) is 127 Å². The van der Waals surface area contributed by atoms with Gasteiger partial charge in [0.1, 0.15) is 6.17 Å². The summed E-state index contributed by atoms with van der Waals surface area (Å²) in [5.41, 5.74) is 5.83. The number of hydrogen-bond acceptors (Lipinski definition) is 11.